The van der Waals surface area contributed by atoms with E-state index in [1.54, 1.807) is 6.07 Å². The van der Waals surface area contributed by atoms with Gasteiger partial charge < -0.3 is 15.0 Å². The number of nitrogens with one attached hydrogen (secondary N) is 2. The number of para-hydroxylation sites is 1. The van der Waals surface area contributed by atoms with E-state index in [9.17, 15) is 19.2 Å². The molecular formula is C18H22N4O5. The number of amides is 3. The summed E-state index contributed by atoms with van der Waals surface area (Å²) in [7, 11) is 1.44. The van der Waals surface area contributed by atoms with Gasteiger partial charge in [0.15, 0.2) is 6.61 Å². The van der Waals surface area contributed by atoms with Crippen LogP contribution in [0.25, 0.3) is 0 Å². The number of hydrogen-bond donors (Lipinski definition) is 2. The van der Waals surface area contributed by atoms with Crippen LogP contribution in [0.3, 0.4) is 0 Å². The Morgan fingerprint density at radius 2 is 2.00 bits per heavy atom. The summed E-state index contributed by atoms with van der Waals surface area (Å²) in [5.41, 5.74) is 3.93. The second kappa shape index (κ2) is 9.46. The van der Waals surface area contributed by atoms with Crippen molar-refractivity contribution in [1.82, 2.24) is 10.3 Å². The number of likely N-dealkylation sites (N-methyl/N-ethyl adjacent to an activating group) is 1. The number of anilines is 1. The van der Waals surface area contributed by atoms with E-state index in [4.69, 9.17) is 4.74 Å². The standard InChI is InChI=1S/C18H22N4O5/c1-3-12-6-4-5-7-13(12)19-16(24)10-22(2)17(25)11-27-18(26)14-8-9-15(23)21-20-14/h4-7H,3,8-11H2,1-2H3,(H,19,24)(H,21,23). The van der Waals surface area contributed by atoms with Crippen molar-refractivity contribution in [2.75, 3.05) is 25.5 Å². The first kappa shape index (κ1) is 20.1. The molecule has 0 saturated heterocycles. The molecule has 3 amide bonds. The van der Waals surface area contributed by atoms with Crippen molar-refractivity contribution in [3.8, 4) is 0 Å². The van der Waals surface area contributed by atoms with Gasteiger partial charge in [-0.25, -0.2) is 10.2 Å². The van der Waals surface area contributed by atoms with Gasteiger partial charge >= 0.3 is 5.97 Å². The molecule has 1 aliphatic rings. The minimum atomic E-state index is -0.766. The van der Waals surface area contributed by atoms with E-state index in [1.807, 2.05) is 25.1 Å². The molecule has 0 saturated carbocycles. The maximum Gasteiger partial charge on any atom is 0.355 e. The number of nitrogens with zero attached hydrogens (tertiary/aromatic N) is 2. The van der Waals surface area contributed by atoms with Crippen LogP contribution in [0.4, 0.5) is 5.69 Å². The van der Waals surface area contributed by atoms with Crippen molar-refractivity contribution in [3.63, 3.8) is 0 Å². The number of carbonyl (C=O) groups excluding carboxylic acids is 4. The topological polar surface area (TPSA) is 117 Å². The lowest BCUT2D eigenvalue weighted by Gasteiger charge is -2.18. The van der Waals surface area contributed by atoms with Gasteiger partial charge in [0.1, 0.15) is 5.71 Å². The minimum Gasteiger partial charge on any atom is -0.451 e. The van der Waals surface area contributed by atoms with Crippen LogP contribution in [0, 0.1) is 0 Å². The van der Waals surface area contributed by atoms with Crippen LogP contribution >= 0.6 is 0 Å². The maximum absolute atomic E-state index is 12.1. The zero-order chi connectivity index (χ0) is 19.8. The van der Waals surface area contributed by atoms with Crippen LogP contribution in [-0.2, 0) is 30.3 Å². The largest absolute Gasteiger partial charge is 0.451 e. The van der Waals surface area contributed by atoms with Crippen molar-refractivity contribution < 1.29 is 23.9 Å². The molecule has 0 unspecified atom stereocenters. The minimum absolute atomic E-state index is 0.0546. The van der Waals surface area contributed by atoms with Crippen LogP contribution in [-0.4, -0.2) is 54.5 Å². The predicted octanol–water partition coefficient (Wildman–Crippen LogP) is 0.455. The monoisotopic (exact) mass is 374 g/mol. The van der Waals surface area contributed by atoms with E-state index in [1.165, 1.54) is 11.9 Å². The summed E-state index contributed by atoms with van der Waals surface area (Å²) in [6, 6.07) is 7.42. The quantitative estimate of drug-likeness (QED) is 0.672. The molecular weight excluding hydrogens is 352 g/mol. The molecule has 0 fully saturated rings. The molecule has 9 heteroatoms. The smallest absolute Gasteiger partial charge is 0.355 e. The molecule has 2 rings (SSSR count). The van der Waals surface area contributed by atoms with E-state index in [0.717, 1.165) is 12.0 Å². The van der Waals surface area contributed by atoms with Gasteiger partial charge in [0, 0.05) is 25.6 Å². The van der Waals surface area contributed by atoms with E-state index in [2.05, 4.69) is 15.8 Å². The molecule has 1 heterocycles. The summed E-state index contributed by atoms with van der Waals surface area (Å²) in [5, 5.41) is 6.37. The Morgan fingerprint density at radius 3 is 2.67 bits per heavy atom. The maximum atomic E-state index is 12.1. The Kier molecular flexibility index (Phi) is 7.04. The number of ether oxygens (including phenoxy) is 1. The zero-order valence-electron chi connectivity index (χ0n) is 15.3. The number of hydrogen-bond acceptors (Lipinski definition) is 6. The molecule has 2 N–H and O–H groups in total. The average Bonchev–Trinajstić information content (AvgIpc) is 2.66. The summed E-state index contributed by atoms with van der Waals surface area (Å²) >= 11 is 0. The number of benzene rings is 1. The Bertz CT molecular complexity index is 775. The van der Waals surface area contributed by atoms with E-state index in [0.29, 0.717) is 5.69 Å². The number of aryl methyl sites for hydroxylation is 1. The first-order valence-electron chi connectivity index (χ1n) is 8.55. The Balaban J connectivity index is 1.80. The Morgan fingerprint density at radius 1 is 1.26 bits per heavy atom. The summed E-state index contributed by atoms with van der Waals surface area (Å²) in [6.45, 7) is 1.30. The highest BCUT2D eigenvalue weighted by molar-refractivity contribution is 6.37. The predicted molar refractivity (Wildman–Crippen MR) is 97.9 cm³/mol. The lowest BCUT2D eigenvalue weighted by atomic mass is 10.1. The Hall–Kier alpha value is -3.23. The summed E-state index contributed by atoms with van der Waals surface area (Å²) in [6.07, 6.45) is 1.07. The molecule has 144 valence electrons. The molecule has 0 aromatic heterocycles. The van der Waals surface area contributed by atoms with Crippen LogP contribution in [0.15, 0.2) is 29.4 Å². The number of esters is 1. The van der Waals surface area contributed by atoms with Gasteiger partial charge in [-0.1, -0.05) is 25.1 Å². The van der Waals surface area contributed by atoms with Crippen LogP contribution < -0.4 is 10.7 Å². The van der Waals surface area contributed by atoms with Crippen LogP contribution in [0.2, 0.25) is 0 Å². The van der Waals surface area contributed by atoms with Crippen molar-refractivity contribution >= 4 is 35.1 Å². The summed E-state index contributed by atoms with van der Waals surface area (Å²) in [5.74, 6) is -1.92. The summed E-state index contributed by atoms with van der Waals surface area (Å²) < 4.78 is 4.89. The first-order chi connectivity index (χ1) is 12.9. The second-order valence-corrected chi connectivity index (χ2v) is 5.98. The fourth-order valence-corrected chi connectivity index (χ4v) is 2.39. The SMILES string of the molecule is CCc1ccccc1NC(=O)CN(C)C(=O)COC(=O)C1=NNC(=O)CC1. The highest BCUT2D eigenvalue weighted by Crippen LogP contribution is 2.15. The number of rotatable bonds is 7. The highest BCUT2D eigenvalue weighted by Gasteiger charge is 2.21. The van der Waals surface area contributed by atoms with Crippen molar-refractivity contribution in [2.45, 2.75) is 26.2 Å². The van der Waals surface area contributed by atoms with Crippen LogP contribution in [0.1, 0.15) is 25.3 Å². The number of hydrazone groups is 1. The number of carbonyl (C=O) groups is 4. The van der Waals surface area contributed by atoms with Crippen molar-refractivity contribution in [1.29, 1.82) is 0 Å². The molecule has 0 atom stereocenters. The van der Waals surface area contributed by atoms with E-state index < -0.39 is 18.5 Å². The molecule has 0 bridgehead atoms. The third kappa shape index (κ3) is 5.91. The molecule has 1 aromatic rings. The third-order valence-electron chi connectivity index (χ3n) is 3.95. The highest BCUT2D eigenvalue weighted by atomic mass is 16.5. The molecule has 0 radical (unpaired) electrons. The molecule has 0 spiro atoms. The molecule has 1 aromatic carbocycles. The Labute approximate surface area is 156 Å². The fourth-order valence-electron chi connectivity index (χ4n) is 2.39. The van der Waals surface area contributed by atoms with Gasteiger partial charge in [0.25, 0.3) is 5.91 Å². The second-order valence-electron chi connectivity index (χ2n) is 5.98. The van der Waals surface area contributed by atoms with Crippen molar-refractivity contribution in [3.05, 3.63) is 29.8 Å². The van der Waals surface area contributed by atoms with Gasteiger partial charge in [-0.3, -0.25) is 14.4 Å². The van der Waals surface area contributed by atoms with Gasteiger partial charge in [-0.15, -0.1) is 0 Å². The first-order valence-corrected chi connectivity index (χ1v) is 8.55. The van der Waals surface area contributed by atoms with E-state index in [-0.39, 0.29) is 36.9 Å². The molecule has 0 aliphatic carbocycles. The lowest BCUT2D eigenvalue weighted by molar-refractivity contribution is -0.146. The van der Waals surface area contributed by atoms with Gasteiger partial charge in [0.2, 0.25) is 11.8 Å². The lowest BCUT2D eigenvalue weighted by Crippen LogP contribution is -2.38. The fraction of sp³-hybridized carbons (Fsp3) is 0.389. The van der Waals surface area contributed by atoms with Gasteiger partial charge in [0.05, 0.1) is 6.54 Å². The van der Waals surface area contributed by atoms with Crippen LogP contribution in [0.5, 0.6) is 0 Å². The normalized spacial score (nSPS) is 13.3. The zero-order valence-corrected chi connectivity index (χ0v) is 15.3. The summed E-state index contributed by atoms with van der Waals surface area (Å²) in [4.78, 5) is 48.2. The van der Waals surface area contributed by atoms with Crippen molar-refractivity contribution in [2.24, 2.45) is 5.10 Å². The molecule has 1 aliphatic heterocycles. The third-order valence-corrected chi connectivity index (χ3v) is 3.95. The molecule has 27 heavy (non-hydrogen) atoms. The van der Waals surface area contributed by atoms with E-state index >= 15 is 0 Å². The van der Waals surface area contributed by atoms with Gasteiger partial charge in [-0.2, -0.15) is 5.10 Å². The molecule has 9 nitrogen and oxygen atoms in total. The van der Waals surface area contributed by atoms with Gasteiger partial charge in [-0.05, 0) is 18.1 Å². The average molecular weight is 374 g/mol.